The van der Waals surface area contributed by atoms with Crippen LogP contribution >= 0.6 is 0 Å². The van der Waals surface area contributed by atoms with Gasteiger partial charge in [-0.25, -0.2) is 0 Å². The molecular weight excluding hydrogens is 228 g/mol. The standard InChI is InChI=1S/C12H14Si.Fe/c1-13(2,11-7-3-4-8-11)12-9-5-6-10-12;/h3-10H,1-2H3;/q;+2. The van der Waals surface area contributed by atoms with E-state index in [2.05, 4.69) is 64.5 Å². The molecule has 72 valence electrons. The van der Waals surface area contributed by atoms with Gasteiger partial charge < -0.3 is 0 Å². The molecule has 0 nitrogen and oxygen atoms in total. The van der Waals surface area contributed by atoms with Gasteiger partial charge in [0, 0.05) is 0 Å². The van der Waals surface area contributed by atoms with Crippen molar-refractivity contribution in [3.63, 3.8) is 0 Å². The van der Waals surface area contributed by atoms with Gasteiger partial charge >= 0.3 is 17.1 Å². The minimum Gasteiger partial charge on any atom is -0.0685 e. The van der Waals surface area contributed by atoms with Crippen LogP contribution in [0.5, 0.6) is 0 Å². The summed E-state index contributed by atoms with van der Waals surface area (Å²) in [5.41, 5.74) is 3.05. The first-order chi connectivity index (χ1) is 6.21. The summed E-state index contributed by atoms with van der Waals surface area (Å²) in [7, 11) is -1.35. The zero-order chi connectivity index (χ0) is 9.31. The molecule has 0 spiro atoms. The molecule has 0 saturated heterocycles. The normalized spacial score (nSPS) is 25.3. The maximum Gasteiger partial charge on any atom is 2.00 e. The minimum absolute atomic E-state index is 0. The Kier molecular flexibility index (Phi) is 4.74. The summed E-state index contributed by atoms with van der Waals surface area (Å²) in [6.45, 7) is 4.80. The molecular formula is C12H14FeSi+2. The average molecular weight is 242 g/mol. The van der Waals surface area contributed by atoms with E-state index in [0.29, 0.717) is 0 Å². The summed E-state index contributed by atoms with van der Waals surface area (Å²) >= 11 is 0. The molecule has 0 aliphatic heterocycles. The van der Waals surface area contributed by atoms with E-state index in [-0.39, 0.29) is 17.1 Å². The van der Waals surface area contributed by atoms with Crippen molar-refractivity contribution in [2.75, 3.05) is 0 Å². The van der Waals surface area contributed by atoms with Crippen LogP contribution in [0.15, 0.2) is 0 Å². The zero-order valence-electron chi connectivity index (χ0n) is 8.47. The Balaban J connectivity index is 0.000000980. The summed E-state index contributed by atoms with van der Waals surface area (Å²) in [6, 6.07) is 0. The first-order valence-electron chi connectivity index (χ1n) is 4.65. The fourth-order valence-corrected chi connectivity index (χ4v) is 4.13. The first kappa shape index (κ1) is 12.8. The molecule has 2 heteroatoms. The van der Waals surface area contributed by atoms with E-state index in [1.807, 2.05) is 0 Å². The van der Waals surface area contributed by atoms with E-state index in [0.717, 1.165) is 0 Å². The number of rotatable bonds is 2. The molecule has 0 amide bonds. The van der Waals surface area contributed by atoms with Gasteiger partial charge in [-0.2, -0.15) is 0 Å². The van der Waals surface area contributed by atoms with Crippen LogP contribution in [0.1, 0.15) is 0 Å². The van der Waals surface area contributed by atoms with Gasteiger partial charge in [0.05, 0.1) is 8.07 Å². The fraction of sp³-hybridized carbons (Fsp3) is 0.167. The predicted molar refractivity (Wildman–Crippen MR) is 58.4 cm³/mol. The SMILES string of the molecule is C[Si](C)([C]1[CH][CH][CH][CH]1)[C]1[CH][CH][CH][CH]1.[Fe+2]. The van der Waals surface area contributed by atoms with Crippen LogP contribution in [0.3, 0.4) is 0 Å². The Bertz CT molecular complexity index is 149. The maximum atomic E-state index is 2.40. The summed E-state index contributed by atoms with van der Waals surface area (Å²) in [5.74, 6) is 0. The molecule has 10 radical (unpaired) electrons. The van der Waals surface area contributed by atoms with Crippen LogP contribution < -0.4 is 0 Å². The molecule has 2 saturated carbocycles. The fourth-order valence-electron chi connectivity index (χ4n) is 1.75. The molecule has 0 bridgehead atoms. The van der Waals surface area contributed by atoms with Crippen molar-refractivity contribution in [3.8, 4) is 0 Å². The van der Waals surface area contributed by atoms with Crippen molar-refractivity contribution >= 4 is 8.07 Å². The van der Waals surface area contributed by atoms with Crippen LogP contribution in [0, 0.1) is 62.4 Å². The quantitative estimate of drug-likeness (QED) is 0.653. The third-order valence-corrected chi connectivity index (χ3v) is 6.32. The molecule has 0 N–H and O–H groups in total. The van der Waals surface area contributed by atoms with Gasteiger partial charge in [-0.3, -0.25) is 0 Å². The molecule has 2 rings (SSSR count). The third-order valence-electron chi connectivity index (χ3n) is 2.77. The largest absolute Gasteiger partial charge is 2.00 e. The summed E-state index contributed by atoms with van der Waals surface area (Å²) in [5, 5.41) is 0. The zero-order valence-corrected chi connectivity index (χ0v) is 10.6. The van der Waals surface area contributed by atoms with E-state index in [4.69, 9.17) is 0 Å². The van der Waals surface area contributed by atoms with Crippen molar-refractivity contribution in [2.24, 2.45) is 0 Å². The van der Waals surface area contributed by atoms with Crippen molar-refractivity contribution in [2.45, 2.75) is 13.1 Å². The average Bonchev–Trinajstić information content (AvgIpc) is 2.78. The monoisotopic (exact) mass is 242 g/mol. The van der Waals surface area contributed by atoms with Gasteiger partial charge in [0.25, 0.3) is 0 Å². The summed E-state index contributed by atoms with van der Waals surface area (Å²) in [4.78, 5) is 0. The second-order valence-electron chi connectivity index (χ2n) is 3.97. The van der Waals surface area contributed by atoms with Crippen molar-refractivity contribution in [3.05, 3.63) is 62.4 Å². The first-order valence-corrected chi connectivity index (χ1v) is 7.65. The molecule has 0 aromatic carbocycles. The summed E-state index contributed by atoms with van der Waals surface area (Å²) in [6.07, 6.45) is 17.5. The molecule has 0 aromatic rings. The molecule has 0 heterocycles. The van der Waals surface area contributed by atoms with E-state index >= 15 is 0 Å². The smallest absolute Gasteiger partial charge is 0.0685 e. The van der Waals surface area contributed by atoms with Crippen LogP contribution in [-0.4, -0.2) is 8.07 Å². The van der Waals surface area contributed by atoms with E-state index < -0.39 is 8.07 Å². The summed E-state index contributed by atoms with van der Waals surface area (Å²) < 4.78 is 0. The Morgan fingerprint density at radius 3 is 1.29 bits per heavy atom. The van der Waals surface area contributed by atoms with Crippen molar-refractivity contribution < 1.29 is 17.1 Å². The minimum atomic E-state index is -1.35. The van der Waals surface area contributed by atoms with Gasteiger partial charge in [0.1, 0.15) is 0 Å². The molecule has 2 fully saturated rings. The topological polar surface area (TPSA) is 0 Å². The van der Waals surface area contributed by atoms with Crippen molar-refractivity contribution in [1.82, 2.24) is 0 Å². The maximum absolute atomic E-state index is 2.40. The van der Waals surface area contributed by atoms with Crippen molar-refractivity contribution in [1.29, 1.82) is 0 Å². The Hall–Kier alpha value is 0.736. The molecule has 2 aliphatic rings. The predicted octanol–water partition coefficient (Wildman–Crippen LogP) is 2.58. The molecule has 14 heavy (non-hydrogen) atoms. The number of hydrogen-bond acceptors (Lipinski definition) is 0. The van der Waals surface area contributed by atoms with Crippen LogP contribution in [0.2, 0.25) is 13.1 Å². The van der Waals surface area contributed by atoms with Gasteiger partial charge in [-0.15, -0.1) is 0 Å². The van der Waals surface area contributed by atoms with Gasteiger partial charge in [0.2, 0.25) is 0 Å². The Morgan fingerprint density at radius 1 is 0.714 bits per heavy atom. The Labute approximate surface area is 101 Å². The van der Waals surface area contributed by atoms with Crippen LogP contribution in [0.25, 0.3) is 0 Å². The Morgan fingerprint density at radius 2 is 1.00 bits per heavy atom. The van der Waals surface area contributed by atoms with E-state index in [1.54, 1.807) is 0 Å². The second kappa shape index (κ2) is 5.18. The van der Waals surface area contributed by atoms with E-state index in [9.17, 15) is 0 Å². The van der Waals surface area contributed by atoms with Crippen LogP contribution in [-0.2, 0) is 17.1 Å². The van der Waals surface area contributed by atoms with Gasteiger partial charge in [-0.1, -0.05) is 13.1 Å². The van der Waals surface area contributed by atoms with Gasteiger partial charge in [0.15, 0.2) is 0 Å². The molecule has 0 unspecified atom stereocenters. The van der Waals surface area contributed by atoms with Crippen LogP contribution in [0.4, 0.5) is 0 Å². The second-order valence-corrected chi connectivity index (χ2v) is 8.38. The molecule has 0 atom stereocenters. The third kappa shape index (κ3) is 2.45. The molecule has 2 aliphatic carbocycles. The van der Waals surface area contributed by atoms with Gasteiger partial charge in [-0.05, 0) is 62.4 Å². The van der Waals surface area contributed by atoms with E-state index in [1.165, 1.54) is 11.1 Å². The molecule has 0 aromatic heterocycles. The number of hydrogen-bond donors (Lipinski definition) is 0.